The molecule has 3 rings (SSSR count). The maximum absolute atomic E-state index is 12.8. The summed E-state index contributed by atoms with van der Waals surface area (Å²) in [5, 5.41) is 0. The van der Waals surface area contributed by atoms with Gasteiger partial charge in [0.15, 0.2) is 18.0 Å². The number of carbonyl (C=O) groups excluding carboxylic acids is 4. The van der Waals surface area contributed by atoms with Crippen molar-refractivity contribution in [2.45, 2.75) is 51.9 Å². The van der Waals surface area contributed by atoms with E-state index in [0.29, 0.717) is 4.70 Å². The number of aromatic nitrogens is 3. The van der Waals surface area contributed by atoms with Gasteiger partial charge in [-0.05, 0) is 0 Å². The van der Waals surface area contributed by atoms with Crippen molar-refractivity contribution in [2.24, 2.45) is 0 Å². The summed E-state index contributed by atoms with van der Waals surface area (Å²) in [4.78, 5) is 67.5. The highest BCUT2D eigenvalue weighted by atomic mass is 32.1. The van der Waals surface area contributed by atoms with Gasteiger partial charge < -0.3 is 29.4 Å². The zero-order valence-electron chi connectivity index (χ0n) is 17.9. The first-order chi connectivity index (χ1) is 15.4. The number of nitrogen functional groups attached to an aromatic ring is 1. The Hall–Kier alpha value is -3.59. The highest BCUT2D eigenvalue weighted by molar-refractivity contribution is 7.16. The van der Waals surface area contributed by atoms with Crippen molar-refractivity contribution in [3.63, 3.8) is 0 Å². The number of rotatable bonds is 6. The molecule has 0 aromatic carbocycles. The molecule has 0 radical (unpaired) electrons. The van der Waals surface area contributed by atoms with E-state index in [4.69, 9.17) is 29.4 Å². The quantitative estimate of drug-likeness (QED) is 0.318. The number of esters is 4. The lowest BCUT2D eigenvalue weighted by Gasteiger charge is -2.35. The molecule has 14 nitrogen and oxygen atoms in total. The number of thiazole rings is 1. The minimum atomic E-state index is -2.39. The van der Waals surface area contributed by atoms with E-state index in [-0.39, 0.29) is 11.6 Å². The van der Waals surface area contributed by atoms with Crippen molar-refractivity contribution in [3.05, 3.63) is 15.9 Å². The Bertz CT molecular complexity index is 1160. The molecule has 178 valence electrons. The molecule has 1 aliphatic heterocycles. The van der Waals surface area contributed by atoms with Crippen molar-refractivity contribution in [1.82, 2.24) is 14.5 Å². The Morgan fingerprint density at radius 3 is 2.30 bits per heavy atom. The van der Waals surface area contributed by atoms with Gasteiger partial charge in [-0.25, -0.2) is 4.98 Å². The minimum Gasteiger partial charge on any atom is -0.463 e. The lowest BCUT2D eigenvalue weighted by Crippen LogP contribution is -2.57. The number of fused-ring (bicyclic) bond motifs is 1. The Morgan fingerprint density at radius 2 is 1.76 bits per heavy atom. The van der Waals surface area contributed by atoms with E-state index in [9.17, 15) is 24.0 Å². The van der Waals surface area contributed by atoms with Crippen LogP contribution in [0, 0.1) is 0 Å². The third kappa shape index (κ3) is 4.78. The fraction of sp³-hybridized carbons (Fsp3) is 0.500. The number of anilines is 1. The normalized spacial score (nSPS) is 21.4. The van der Waals surface area contributed by atoms with E-state index in [1.165, 1.54) is 6.20 Å². The Morgan fingerprint density at radius 1 is 1.12 bits per heavy atom. The second-order valence-electron chi connectivity index (χ2n) is 6.91. The van der Waals surface area contributed by atoms with Crippen molar-refractivity contribution in [1.29, 1.82) is 0 Å². The average Bonchev–Trinajstić information content (AvgIpc) is 3.13. The van der Waals surface area contributed by atoms with E-state index in [1.54, 1.807) is 0 Å². The van der Waals surface area contributed by atoms with Crippen LogP contribution in [0.25, 0.3) is 10.3 Å². The number of nitrogens with two attached hydrogens (primary N) is 1. The lowest BCUT2D eigenvalue weighted by atomic mass is 10.0. The van der Waals surface area contributed by atoms with Crippen LogP contribution in [0.1, 0.15) is 33.9 Å². The second kappa shape index (κ2) is 9.11. The van der Waals surface area contributed by atoms with Crippen LogP contribution in [-0.4, -0.2) is 63.0 Å². The SMILES string of the molecule is CC(=O)OC[C@H]1O[C@@H](n2c(=O)sc3cnc(N)nc32)[C@H](OC(C)=O)C1(OC(C)=O)OC(C)=O. The summed E-state index contributed by atoms with van der Waals surface area (Å²) >= 11 is 0.748. The van der Waals surface area contributed by atoms with E-state index < -0.39 is 59.6 Å². The summed E-state index contributed by atoms with van der Waals surface area (Å²) in [6, 6.07) is 0. The van der Waals surface area contributed by atoms with Crippen LogP contribution in [0.3, 0.4) is 0 Å². The van der Waals surface area contributed by atoms with Gasteiger partial charge in [-0.1, -0.05) is 11.3 Å². The Balaban J connectivity index is 2.24. The molecule has 33 heavy (non-hydrogen) atoms. The molecule has 0 amide bonds. The molecule has 0 saturated carbocycles. The van der Waals surface area contributed by atoms with Gasteiger partial charge in [0, 0.05) is 27.7 Å². The van der Waals surface area contributed by atoms with Gasteiger partial charge in [0.05, 0.1) is 10.9 Å². The number of nitrogens with zero attached hydrogens (tertiary/aromatic N) is 3. The predicted molar refractivity (Wildman–Crippen MR) is 108 cm³/mol. The van der Waals surface area contributed by atoms with Gasteiger partial charge in [0.1, 0.15) is 6.61 Å². The molecule has 2 aromatic rings. The molecular weight excluding hydrogens is 464 g/mol. The maximum atomic E-state index is 12.8. The standard InChI is InChI=1S/C18H20N4O10S/c1-7(23)28-6-12-18(31-9(3)25,32-10(4)26)13(29-8(2)24)15(30-12)22-14-11(33-17(22)27)5-20-16(19)21-14/h5,12-13,15H,6H2,1-4H3,(H2,19,20,21)/t12-,13+,15-/m1/s1. The summed E-state index contributed by atoms with van der Waals surface area (Å²) in [6.45, 7) is 3.64. The van der Waals surface area contributed by atoms with Crippen LogP contribution in [0.15, 0.2) is 11.0 Å². The van der Waals surface area contributed by atoms with Crippen LogP contribution in [-0.2, 0) is 42.9 Å². The van der Waals surface area contributed by atoms with E-state index >= 15 is 0 Å². The predicted octanol–water partition coefficient (Wildman–Crippen LogP) is -0.350. The summed E-state index contributed by atoms with van der Waals surface area (Å²) in [6.07, 6.45) is -3.36. The number of carbonyl (C=O) groups is 4. The van der Waals surface area contributed by atoms with Gasteiger partial charge >= 0.3 is 34.5 Å². The van der Waals surface area contributed by atoms with Gasteiger partial charge in [0.25, 0.3) is 0 Å². The third-order valence-electron chi connectivity index (χ3n) is 4.38. The van der Waals surface area contributed by atoms with Crippen LogP contribution < -0.4 is 10.6 Å². The monoisotopic (exact) mass is 484 g/mol. The second-order valence-corrected chi connectivity index (χ2v) is 7.90. The molecule has 0 spiro atoms. The smallest absolute Gasteiger partial charge is 0.327 e. The molecule has 3 atom stereocenters. The fourth-order valence-corrected chi connectivity index (χ4v) is 4.19. The molecule has 0 bridgehead atoms. The molecule has 1 saturated heterocycles. The Labute approximate surface area is 189 Å². The number of ether oxygens (including phenoxy) is 5. The first-order valence-electron chi connectivity index (χ1n) is 9.43. The van der Waals surface area contributed by atoms with Gasteiger partial charge in [-0.2, -0.15) is 4.98 Å². The van der Waals surface area contributed by atoms with Gasteiger partial charge in [-0.15, -0.1) is 0 Å². The fourth-order valence-electron chi connectivity index (χ4n) is 3.37. The van der Waals surface area contributed by atoms with E-state index in [1.807, 2.05) is 0 Å². The van der Waals surface area contributed by atoms with Crippen molar-refractivity contribution >= 4 is 51.5 Å². The molecular formula is C18H20N4O10S. The van der Waals surface area contributed by atoms with Crippen LogP contribution in [0.4, 0.5) is 5.95 Å². The van der Waals surface area contributed by atoms with E-state index in [2.05, 4.69) is 9.97 Å². The molecule has 15 heteroatoms. The first kappa shape index (κ1) is 24.1. The molecule has 3 heterocycles. The summed E-state index contributed by atoms with van der Waals surface area (Å²) in [5.41, 5.74) is 5.69. The van der Waals surface area contributed by atoms with Crippen molar-refractivity contribution in [3.8, 4) is 0 Å². The molecule has 1 aliphatic rings. The summed E-state index contributed by atoms with van der Waals surface area (Å²) < 4.78 is 28.2. The largest absolute Gasteiger partial charge is 0.463 e. The number of hydrogen-bond donors (Lipinski definition) is 1. The summed E-state index contributed by atoms with van der Waals surface area (Å²) in [7, 11) is 0. The van der Waals surface area contributed by atoms with Crippen LogP contribution in [0.5, 0.6) is 0 Å². The van der Waals surface area contributed by atoms with Crippen LogP contribution in [0.2, 0.25) is 0 Å². The first-order valence-corrected chi connectivity index (χ1v) is 10.2. The molecule has 0 unspecified atom stereocenters. The number of hydrogen-bond acceptors (Lipinski definition) is 14. The van der Waals surface area contributed by atoms with Crippen LogP contribution >= 0.6 is 11.3 Å². The zero-order chi connectivity index (χ0) is 24.5. The lowest BCUT2D eigenvalue weighted by molar-refractivity contribution is -0.270. The zero-order valence-corrected chi connectivity index (χ0v) is 18.7. The maximum Gasteiger partial charge on any atom is 0.327 e. The summed E-state index contributed by atoms with van der Waals surface area (Å²) in [5.74, 6) is -6.00. The Kier molecular flexibility index (Phi) is 6.64. The van der Waals surface area contributed by atoms with E-state index in [0.717, 1.165) is 43.6 Å². The molecule has 1 fully saturated rings. The average molecular weight is 484 g/mol. The topological polar surface area (TPSA) is 188 Å². The minimum absolute atomic E-state index is 0.0346. The molecule has 2 aromatic heterocycles. The van der Waals surface area contributed by atoms with Gasteiger partial charge in [0.2, 0.25) is 12.1 Å². The van der Waals surface area contributed by atoms with Crippen molar-refractivity contribution < 1.29 is 42.9 Å². The highest BCUT2D eigenvalue weighted by Gasteiger charge is 2.66. The molecule has 0 aliphatic carbocycles. The van der Waals surface area contributed by atoms with Crippen molar-refractivity contribution in [2.75, 3.05) is 12.3 Å². The van der Waals surface area contributed by atoms with Gasteiger partial charge in [-0.3, -0.25) is 28.5 Å². The molecule has 2 N–H and O–H groups in total. The third-order valence-corrected chi connectivity index (χ3v) is 5.26. The highest BCUT2D eigenvalue weighted by Crippen LogP contribution is 2.44.